The van der Waals surface area contributed by atoms with Crippen LogP contribution in [0, 0.1) is 0 Å². The van der Waals surface area contributed by atoms with Gasteiger partial charge >= 0.3 is 22.7 Å². The summed E-state index contributed by atoms with van der Waals surface area (Å²) < 4.78 is 38.7. The Hall–Kier alpha value is -2.36. The molecule has 370 valence electrons. The third kappa shape index (κ3) is 7.84. The average Bonchev–Trinajstić information content (AvgIpc) is 4.12. The van der Waals surface area contributed by atoms with E-state index in [9.17, 15) is 0 Å². The summed E-state index contributed by atoms with van der Waals surface area (Å²) in [5.74, 6) is -1.07. The smallest absolute Gasteiger partial charge is 0.397 e. The van der Waals surface area contributed by atoms with Crippen LogP contribution in [-0.4, -0.2) is 45.4 Å². The van der Waals surface area contributed by atoms with Gasteiger partial charge in [-0.2, -0.15) is 0 Å². The summed E-state index contributed by atoms with van der Waals surface area (Å²) in [6.07, 6.45) is 0. The van der Waals surface area contributed by atoms with E-state index >= 15 is 4.57 Å². The standard InChI is InChI=1S/C32Cl16N8.C12H11O4P.Al/c33-9-1-2(10(34)18(42)17(9)41)26-49-25(1)53-27-3-4(12(36)20(44)19(43)11(3)35)29(50-27)55-31-7-8(16(40)24(48)23(47)15(7)39)32(52-31)56-30-6-5(28(51-30)54-26)13(37)21(45)22(46)14(6)38;13-17(14,15-11-7-3-1-4-8-11)16-12-9-5-2-6-10-12;/h;1-10H,(H,13,14);/q-2;;+3/p-1. The van der Waals surface area contributed by atoms with Crippen molar-refractivity contribution >= 4 is 265 Å². The van der Waals surface area contributed by atoms with Gasteiger partial charge in [0.05, 0.1) is 103 Å². The van der Waals surface area contributed by atoms with Crippen molar-refractivity contribution in [2.75, 3.05) is 0 Å². The number of amidine groups is 4. The van der Waals surface area contributed by atoms with Crippen molar-refractivity contribution in [2.45, 2.75) is 0 Å². The number of phosphoric acid groups is 1. The zero-order valence-electron chi connectivity index (χ0n) is 35.1. The van der Waals surface area contributed by atoms with E-state index in [1.54, 1.807) is 36.4 Å². The molecule has 0 fully saturated rings. The fourth-order valence-corrected chi connectivity index (χ4v) is 17.2. The Morgan fingerprint density at radius 1 is 0.351 bits per heavy atom. The summed E-state index contributed by atoms with van der Waals surface area (Å²) in [6.45, 7) is 0. The first-order chi connectivity index (χ1) is 35.2. The molecule has 0 amide bonds. The first kappa shape index (κ1) is 52.3. The van der Waals surface area contributed by atoms with Crippen LogP contribution in [0.1, 0.15) is 22.3 Å². The lowest BCUT2D eigenvalue weighted by atomic mass is 10.1. The Balaban J connectivity index is 1.39. The second-order valence-corrected chi connectivity index (χ2v) is 25.5. The molecule has 0 radical (unpaired) electrons. The molecule has 6 bridgehead atoms. The Morgan fingerprint density at radius 3 is 0.986 bits per heavy atom. The molecule has 0 spiro atoms. The summed E-state index contributed by atoms with van der Waals surface area (Å²) in [4.78, 5) is 30.4. The van der Waals surface area contributed by atoms with Gasteiger partial charge in [-0.3, -0.25) is 0 Å². The molecule has 0 saturated heterocycles. The number of benzene rings is 6. The van der Waals surface area contributed by atoms with Gasteiger partial charge in [0.1, 0.15) is 34.1 Å². The molecule has 0 unspecified atom stereocenters. The lowest BCUT2D eigenvalue weighted by molar-refractivity contribution is 0.294. The highest BCUT2D eigenvalue weighted by Gasteiger charge is 2.51. The molecular weight excluding hydrogens is 1330 g/mol. The van der Waals surface area contributed by atoms with E-state index in [-0.39, 0.29) is 182 Å². The van der Waals surface area contributed by atoms with Gasteiger partial charge in [0.15, 0.2) is 23.3 Å². The van der Waals surface area contributed by atoms with Gasteiger partial charge in [0, 0.05) is 21.5 Å². The van der Waals surface area contributed by atoms with Crippen LogP contribution in [0.3, 0.4) is 0 Å². The number of rotatable bonds is 6. The van der Waals surface area contributed by atoms with Crippen LogP contribution in [0.2, 0.25) is 80.4 Å². The fourth-order valence-electron chi connectivity index (χ4n) is 8.50. The third-order valence-electron chi connectivity index (χ3n) is 11.6. The molecule has 30 heteroatoms. The maximum Gasteiger partial charge on any atom is 0.820 e. The predicted molar refractivity (Wildman–Crippen MR) is 304 cm³/mol. The van der Waals surface area contributed by atoms with Gasteiger partial charge in [-0.1, -0.05) is 222 Å². The zero-order chi connectivity index (χ0) is 52.3. The Morgan fingerprint density at radius 2 is 0.649 bits per heavy atom. The molecule has 12 rings (SSSR count). The zero-order valence-corrected chi connectivity index (χ0v) is 49.2. The Kier molecular flexibility index (Phi) is 13.6. The van der Waals surface area contributed by atoms with Crippen LogP contribution in [-0.2, 0) is 8.14 Å². The predicted octanol–water partition coefficient (Wildman–Crippen LogP) is 18.7. The van der Waals surface area contributed by atoms with Crippen LogP contribution in [0.25, 0.3) is 21.5 Å². The lowest BCUT2D eigenvalue weighted by Crippen LogP contribution is -2.48. The van der Waals surface area contributed by atoms with Crippen LogP contribution >= 0.6 is 193 Å². The first-order valence-corrected chi connectivity index (χ1v) is 29.3. The maximum absolute atomic E-state index is 16.2. The molecular formula is C44H10AlCl16N8O4P. The van der Waals surface area contributed by atoms with Crippen LogP contribution in [0.4, 0.5) is 11.6 Å². The first-order valence-electron chi connectivity index (χ1n) is 20.3. The molecule has 0 aliphatic carbocycles. The molecule has 12 nitrogen and oxygen atoms in total. The summed E-state index contributed by atoms with van der Waals surface area (Å²) >= 11 is 108. The van der Waals surface area contributed by atoms with E-state index < -0.39 is 22.7 Å². The molecule has 4 aliphatic rings. The van der Waals surface area contributed by atoms with Crippen LogP contribution in [0.15, 0.2) is 90.6 Å². The number of fused-ring (bicyclic) bond motifs is 14. The van der Waals surface area contributed by atoms with E-state index in [1.165, 1.54) is 31.4 Å². The number of aromatic nitrogens is 2. The summed E-state index contributed by atoms with van der Waals surface area (Å²) in [5, 5.41) is -3.13. The lowest BCUT2D eigenvalue weighted by Gasteiger charge is -2.25. The van der Waals surface area contributed by atoms with E-state index in [0.29, 0.717) is 0 Å². The molecule has 0 atom stereocenters. The molecule has 0 saturated carbocycles. The quantitative estimate of drug-likeness (QED) is 0.0710. The van der Waals surface area contributed by atoms with Crippen molar-refractivity contribution in [3.63, 3.8) is 0 Å². The van der Waals surface area contributed by atoms with Gasteiger partial charge in [-0.05, 0) is 24.3 Å². The van der Waals surface area contributed by atoms with Crippen LogP contribution in [0.5, 0.6) is 11.5 Å². The van der Waals surface area contributed by atoms with Gasteiger partial charge in [0.2, 0.25) is 0 Å². The third-order valence-corrected chi connectivity index (χ3v) is 23.4. The van der Waals surface area contributed by atoms with Gasteiger partial charge < -0.3 is 19.7 Å². The number of nitrogens with zero attached hydrogens (tertiary/aromatic N) is 8. The average molecular weight is 1340 g/mol. The van der Waals surface area contributed by atoms with Gasteiger partial charge in [-0.25, -0.2) is 34.5 Å². The number of phosphoric ester groups is 1. The second-order valence-electron chi connectivity index (χ2n) is 15.7. The Bertz CT molecular complexity index is 4050. The topological polar surface area (TPSA) is 129 Å². The molecule has 74 heavy (non-hydrogen) atoms. The second kappa shape index (κ2) is 19.2. The molecule has 2 aromatic heterocycles. The van der Waals surface area contributed by atoms with Gasteiger partial charge in [0.25, 0.3) is 0 Å². The van der Waals surface area contributed by atoms with Crippen molar-refractivity contribution in [1.82, 2.24) is 7.10 Å². The van der Waals surface area contributed by atoms with Gasteiger partial charge in [-0.15, -0.1) is 0 Å². The van der Waals surface area contributed by atoms with E-state index in [1.807, 2.05) is 0 Å². The van der Waals surface area contributed by atoms with Crippen LogP contribution < -0.4 is 20.0 Å². The minimum Gasteiger partial charge on any atom is -0.397 e. The van der Waals surface area contributed by atoms with Crippen molar-refractivity contribution in [2.24, 2.45) is 30.0 Å². The highest BCUT2D eigenvalue weighted by molar-refractivity contribution is 7.50. The maximum atomic E-state index is 16.2. The molecule has 8 aromatic rings. The molecule has 0 N–H and O–H groups in total. The number of aliphatic imine (C=N–C) groups is 4. The normalized spacial score (nSPS) is 14.3. The van der Waals surface area contributed by atoms with E-state index in [2.05, 4.69) is 0 Å². The monoisotopic (exact) mass is 1330 g/mol. The minimum atomic E-state index is -5.14. The highest BCUT2D eigenvalue weighted by atomic mass is 35.5. The summed E-state index contributed by atoms with van der Waals surface area (Å²) in [6, 6.07) is 16.1. The van der Waals surface area contributed by atoms with E-state index in [0.717, 1.165) is 0 Å². The highest BCUT2D eigenvalue weighted by Crippen LogP contribution is 2.57. The van der Waals surface area contributed by atoms with Crippen molar-refractivity contribution in [3.05, 3.63) is 174 Å². The fraction of sp³-hybridized carbons (Fsp3) is 0. The summed E-state index contributed by atoms with van der Waals surface area (Å²) in [7, 11) is -5.14. The molecule has 6 heterocycles. The summed E-state index contributed by atoms with van der Waals surface area (Å²) in [5.41, 5.74) is -0.242. The van der Waals surface area contributed by atoms with E-state index in [4.69, 9.17) is 228 Å². The van der Waals surface area contributed by atoms with Crippen molar-refractivity contribution in [1.29, 1.82) is 0 Å². The Labute approximate surface area is 499 Å². The number of hydrogen-bond acceptors (Lipinski definition) is 10. The molecule has 4 aliphatic heterocycles. The largest absolute Gasteiger partial charge is 0.820 e. The van der Waals surface area contributed by atoms with Crippen molar-refractivity contribution < 1.29 is 17.2 Å². The minimum absolute atomic E-state index is 0.0364. The van der Waals surface area contributed by atoms with Crippen molar-refractivity contribution in [3.8, 4) is 11.5 Å². The number of hydrogen-bond donors (Lipinski definition) is 0. The number of halogens is 16. The SMILES string of the molecule is O=P(Oc1ccccc1)(Oc1ccccc1)[O][Al]1[n]2c3c4c(Cl)c(Cl)c(Cl)c(Cl)c4c2N=C2N=C(N=c4c5c(Cl)c(Cl)c(Cl)c(Cl)c5c([n]41)=NC1=NC(=N3)c3c(Cl)c(Cl)c(Cl)c(Cl)c31)c1c(Cl)c(Cl)c(Cl)c(Cl)c12. The molecule has 6 aromatic carbocycles. The number of para-hydroxylation sites is 2.